The topological polar surface area (TPSA) is 67.4 Å². The lowest BCUT2D eigenvalue weighted by Gasteiger charge is -2.18. The fourth-order valence-corrected chi connectivity index (χ4v) is 1.99. The van der Waals surface area contributed by atoms with Crippen LogP contribution in [0.15, 0.2) is 24.3 Å². The predicted octanol–water partition coefficient (Wildman–Crippen LogP) is 2.81. The Kier molecular flexibility index (Phi) is 7.07. The van der Waals surface area contributed by atoms with E-state index in [2.05, 4.69) is 10.6 Å². The summed E-state index contributed by atoms with van der Waals surface area (Å²) < 4.78 is 5.46. The maximum Gasteiger partial charge on any atom is 0.225 e. The number of amides is 2. The van der Waals surface area contributed by atoms with Gasteiger partial charge in [-0.2, -0.15) is 0 Å². The third-order valence-electron chi connectivity index (χ3n) is 3.37. The van der Waals surface area contributed by atoms with Gasteiger partial charge in [0.05, 0.1) is 12.6 Å². The first-order valence-corrected chi connectivity index (χ1v) is 8.04. The summed E-state index contributed by atoms with van der Waals surface area (Å²) in [5.74, 6) is 0.653. The molecule has 1 aromatic carbocycles. The fraction of sp³-hybridized carbons (Fsp3) is 0.556. The Balaban J connectivity index is 2.45. The van der Waals surface area contributed by atoms with Crippen LogP contribution in [0.4, 0.5) is 0 Å². The van der Waals surface area contributed by atoms with Gasteiger partial charge >= 0.3 is 0 Å². The minimum absolute atomic E-state index is 0.0530. The highest BCUT2D eigenvalue weighted by molar-refractivity contribution is 5.82. The van der Waals surface area contributed by atoms with E-state index in [0.717, 1.165) is 11.3 Å². The van der Waals surface area contributed by atoms with Crippen LogP contribution >= 0.6 is 0 Å². The number of rotatable bonds is 7. The Morgan fingerprint density at radius 2 is 1.96 bits per heavy atom. The zero-order valence-electron chi connectivity index (χ0n) is 14.7. The van der Waals surface area contributed by atoms with E-state index in [1.165, 1.54) is 0 Å². The van der Waals surface area contributed by atoms with Gasteiger partial charge in [0, 0.05) is 18.4 Å². The molecule has 0 radical (unpaired) electrons. The van der Waals surface area contributed by atoms with Gasteiger partial charge in [-0.05, 0) is 31.5 Å². The SMILES string of the molecule is CCOc1cccc([C@@H](C)NC(=O)CCNC(=O)C(C)(C)C)c1. The second-order valence-electron chi connectivity index (χ2n) is 6.55. The monoisotopic (exact) mass is 320 g/mol. The molecule has 0 aliphatic carbocycles. The molecule has 0 unspecified atom stereocenters. The second-order valence-corrected chi connectivity index (χ2v) is 6.55. The minimum atomic E-state index is -0.441. The van der Waals surface area contributed by atoms with E-state index in [9.17, 15) is 9.59 Å². The van der Waals surface area contributed by atoms with Crippen LogP contribution in [0.5, 0.6) is 5.75 Å². The number of ether oxygens (including phenoxy) is 1. The molecule has 0 aliphatic heterocycles. The molecule has 0 saturated heterocycles. The van der Waals surface area contributed by atoms with Gasteiger partial charge in [0.1, 0.15) is 5.75 Å². The van der Waals surface area contributed by atoms with Crippen molar-refractivity contribution in [2.24, 2.45) is 5.41 Å². The van der Waals surface area contributed by atoms with Gasteiger partial charge in [-0.25, -0.2) is 0 Å². The summed E-state index contributed by atoms with van der Waals surface area (Å²) in [6, 6.07) is 7.57. The number of carbonyl (C=O) groups excluding carboxylic acids is 2. The maximum absolute atomic E-state index is 12.0. The highest BCUT2D eigenvalue weighted by Gasteiger charge is 2.20. The van der Waals surface area contributed by atoms with Crippen molar-refractivity contribution in [2.75, 3.05) is 13.2 Å². The average Bonchev–Trinajstić information content (AvgIpc) is 2.46. The Morgan fingerprint density at radius 3 is 2.57 bits per heavy atom. The van der Waals surface area contributed by atoms with E-state index < -0.39 is 5.41 Å². The fourth-order valence-electron chi connectivity index (χ4n) is 1.99. The smallest absolute Gasteiger partial charge is 0.225 e. The van der Waals surface area contributed by atoms with Crippen molar-refractivity contribution in [2.45, 2.75) is 47.1 Å². The van der Waals surface area contributed by atoms with Crippen LogP contribution in [-0.4, -0.2) is 25.0 Å². The van der Waals surface area contributed by atoms with Gasteiger partial charge in [0.15, 0.2) is 0 Å². The van der Waals surface area contributed by atoms with Gasteiger partial charge in [0.2, 0.25) is 11.8 Å². The molecule has 2 amide bonds. The second kappa shape index (κ2) is 8.56. The van der Waals surface area contributed by atoms with Crippen LogP contribution in [0.3, 0.4) is 0 Å². The maximum atomic E-state index is 12.0. The first-order valence-electron chi connectivity index (χ1n) is 8.04. The Bertz CT molecular complexity index is 535. The molecule has 0 heterocycles. The lowest BCUT2D eigenvalue weighted by Crippen LogP contribution is -2.37. The van der Waals surface area contributed by atoms with E-state index in [4.69, 9.17) is 4.74 Å². The minimum Gasteiger partial charge on any atom is -0.494 e. The Hall–Kier alpha value is -2.04. The van der Waals surface area contributed by atoms with E-state index in [0.29, 0.717) is 13.2 Å². The third kappa shape index (κ3) is 6.72. The zero-order chi connectivity index (χ0) is 17.5. The lowest BCUT2D eigenvalue weighted by molar-refractivity contribution is -0.128. The van der Waals surface area contributed by atoms with Crippen LogP contribution in [-0.2, 0) is 9.59 Å². The van der Waals surface area contributed by atoms with Crippen molar-refractivity contribution in [1.29, 1.82) is 0 Å². The van der Waals surface area contributed by atoms with Gasteiger partial charge in [-0.3, -0.25) is 9.59 Å². The Morgan fingerprint density at radius 1 is 1.26 bits per heavy atom. The molecule has 1 rings (SSSR count). The van der Waals surface area contributed by atoms with Crippen LogP contribution in [0.25, 0.3) is 0 Å². The molecule has 2 N–H and O–H groups in total. The van der Waals surface area contributed by atoms with Crippen LogP contribution < -0.4 is 15.4 Å². The Labute approximate surface area is 138 Å². The molecule has 0 aromatic heterocycles. The summed E-state index contributed by atoms with van der Waals surface area (Å²) in [6.45, 7) is 10.3. The van der Waals surface area contributed by atoms with Crippen molar-refractivity contribution in [3.63, 3.8) is 0 Å². The quantitative estimate of drug-likeness (QED) is 0.812. The summed E-state index contributed by atoms with van der Waals surface area (Å²) in [4.78, 5) is 23.7. The highest BCUT2D eigenvalue weighted by atomic mass is 16.5. The van der Waals surface area contributed by atoms with Crippen molar-refractivity contribution >= 4 is 11.8 Å². The molecule has 0 bridgehead atoms. The summed E-state index contributed by atoms with van der Waals surface area (Å²) in [6.07, 6.45) is 0.261. The standard InChI is InChI=1S/C18H28N2O3/c1-6-23-15-9-7-8-14(12-15)13(2)20-16(21)10-11-19-17(22)18(3,4)5/h7-9,12-13H,6,10-11H2,1-5H3,(H,19,22)(H,20,21)/t13-/m1/s1. The van der Waals surface area contributed by atoms with E-state index in [-0.39, 0.29) is 24.3 Å². The average molecular weight is 320 g/mol. The van der Waals surface area contributed by atoms with Crippen molar-refractivity contribution in [1.82, 2.24) is 10.6 Å². The molecule has 5 heteroatoms. The number of nitrogens with one attached hydrogen (secondary N) is 2. The third-order valence-corrected chi connectivity index (χ3v) is 3.37. The van der Waals surface area contributed by atoms with Crippen LogP contribution in [0.1, 0.15) is 52.6 Å². The number of benzene rings is 1. The number of hydrogen-bond donors (Lipinski definition) is 2. The summed E-state index contributed by atoms with van der Waals surface area (Å²) in [7, 11) is 0. The molecule has 128 valence electrons. The van der Waals surface area contributed by atoms with Crippen molar-refractivity contribution < 1.29 is 14.3 Å². The molecule has 0 spiro atoms. The summed E-state index contributed by atoms with van der Waals surface area (Å²) in [5.41, 5.74) is 0.548. The lowest BCUT2D eigenvalue weighted by atomic mass is 9.96. The molecule has 1 aromatic rings. The molecule has 0 aliphatic rings. The molecule has 1 atom stereocenters. The van der Waals surface area contributed by atoms with E-state index in [1.54, 1.807) is 0 Å². The first-order chi connectivity index (χ1) is 10.7. The molecule has 0 saturated carbocycles. The molecule has 23 heavy (non-hydrogen) atoms. The van der Waals surface area contributed by atoms with Gasteiger partial charge < -0.3 is 15.4 Å². The van der Waals surface area contributed by atoms with Gasteiger partial charge in [-0.15, -0.1) is 0 Å². The summed E-state index contributed by atoms with van der Waals surface area (Å²) >= 11 is 0. The van der Waals surface area contributed by atoms with Crippen LogP contribution in [0.2, 0.25) is 0 Å². The number of carbonyl (C=O) groups is 2. The highest BCUT2D eigenvalue weighted by Crippen LogP contribution is 2.19. The van der Waals surface area contributed by atoms with Crippen LogP contribution in [0, 0.1) is 5.41 Å². The predicted molar refractivity (Wildman–Crippen MR) is 91.3 cm³/mol. The molecular formula is C18H28N2O3. The van der Waals surface area contributed by atoms with Crippen molar-refractivity contribution in [3.8, 4) is 5.75 Å². The largest absolute Gasteiger partial charge is 0.494 e. The molecular weight excluding hydrogens is 292 g/mol. The number of hydrogen-bond acceptors (Lipinski definition) is 3. The van der Waals surface area contributed by atoms with Gasteiger partial charge in [-0.1, -0.05) is 32.9 Å². The van der Waals surface area contributed by atoms with E-state index in [1.807, 2.05) is 58.9 Å². The first kappa shape index (κ1) is 19.0. The molecule has 5 nitrogen and oxygen atoms in total. The zero-order valence-corrected chi connectivity index (χ0v) is 14.7. The molecule has 0 fully saturated rings. The van der Waals surface area contributed by atoms with Gasteiger partial charge in [0.25, 0.3) is 0 Å². The summed E-state index contributed by atoms with van der Waals surface area (Å²) in [5, 5.41) is 5.70. The van der Waals surface area contributed by atoms with Crippen molar-refractivity contribution in [3.05, 3.63) is 29.8 Å². The van der Waals surface area contributed by atoms with E-state index >= 15 is 0 Å². The normalized spacial score (nSPS) is 12.4.